The minimum Gasteiger partial charge on any atom is -0.454 e. The second-order valence-electron chi connectivity index (χ2n) is 11.6. The number of ether oxygens (including phenoxy) is 1. The van der Waals surface area contributed by atoms with Crippen LogP contribution < -0.4 is 4.90 Å². The summed E-state index contributed by atoms with van der Waals surface area (Å²) in [5, 5.41) is 0.596. The Morgan fingerprint density at radius 3 is 2.18 bits per heavy atom. The second kappa shape index (κ2) is 11.3. The fourth-order valence-electron chi connectivity index (χ4n) is 7.07. The summed E-state index contributed by atoms with van der Waals surface area (Å²) in [5.74, 6) is -1.51. The van der Waals surface area contributed by atoms with E-state index in [9.17, 15) is 19.2 Å². The summed E-state index contributed by atoms with van der Waals surface area (Å²) in [6.45, 7) is 1.52. The normalized spacial score (nSPS) is 25.5. The highest BCUT2D eigenvalue weighted by Gasteiger charge is 2.66. The SMILES string of the molecule is Cc1cc(Br)cc2c(C(=O)OCC(=O)c3ccccc3)cc(-c3ccc(N4C(=O)C5C6CC(C(Br)C6Br)C5C4=O)cc3)nc12. The van der Waals surface area contributed by atoms with Gasteiger partial charge in [0.05, 0.1) is 34.3 Å². The van der Waals surface area contributed by atoms with Crippen LogP contribution in [0.15, 0.2) is 77.3 Å². The molecule has 1 aromatic heterocycles. The Morgan fingerprint density at radius 2 is 1.55 bits per heavy atom. The molecular formula is C34H25Br3N2O5. The van der Waals surface area contributed by atoms with Crippen LogP contribution >= 0.6 is 47.8 Å². The lowest BCUT2D eigenvalue weighted by atomic mass is 9.81. The molecule has 2 bridgehead atoms. The third-order valence-corrected chi connectivity index (χ3v) is 12.8. The number of amides is 2. The van der Waals surface area contributed by atoms with Crippen molar-refractivity contribution in [3.63, 3.8) is 0 Å². The van der Waals surface area contributed by atoms with Gasteiger partial charge in [-0.25, -0.2) is 9.78 Å². The van der Waals surface area contributed by atoms with Gasteiger partial charge in [0.2, 0.25) is 11.8 Å². The van der Waals surface area contributed by atoms with Gasteiger partial charge in [-0.3, -0.25) is 19.3 Å². The van der Waals surface area contributed by atoms with Crippen LogP contribution in [0.4, 0.5) is 5.69 Å². The summed E-state index contributed by atoms with van der Waals surface area (Å²) >= 11 is 11.0. The first-order chi connectivity index (χ1) is 21.1. The third-order valence-electron chi connectivity index (χ3n) is 9.13. The number of hydrogen-bond acceptors (Lipinski definition) is 6. The van der Waals surface area contributed by atoms with Gasteiger partial charge in [-0.1, -0.05) is 90.3 Å². The number of imide groups is 1. The van der Waals surface area contributed by atoms with E-state index in [1.807, 2.05) is 19.1 Å². The standard InChI is InChI=1S/C34H25Br3N2O5/c1-16-11-19(35)12-21-22(34(43)44-15-26(40)18-5-3-2-4-6-18)14-25(38-31(16)21)17-7-9-20(10-8-17)39-32(41)27-23-13-24(28(27)33(39)42)30(37)29(23)36/h2-12,14,23-24,27-30H,13,15H2,1H3. The zero-order valence-electron chi connectivity index (χ0n) is 23.4. The van der Waals surface area contributed by atoms with E-state index in [-0.39, 0.29) is 56.5 Å². The maximum absolute atomic E-state index is 13.5. The molecule has 1 saturated heterocycles. The van der Waals surface area contributed by atoms with Crippen LogP contribution in [0.2, 0.25) is 0 Å². The van der Waals surface area contributed by atoms with Crippen LogP contribution in [-0.2, 0) is 14.3 Å². The van der Waals surface area contributed by atoms with Gasteiger partial charge >= 0.3 is 5.97 Å². The molecule has 6 unspecified atom stereocenters. The molecular weight excluding hydrogens is 756 g/mol. The summed E-state index contributed by atoms with van der Waals surface area (Å²) in [4.78, 5) is 59.6. The van der Waals surface area contributed by atoms with Crippen molar-refractivity contribution in [2.45, 2.75) is 23.0 Å². The number of esters is 1. The smallest absolute Gasteiger partial charge is 0.339 e. The Morgan fingerprint density at radius 1 is 0.909 bits per heavy atom. The molecule has 2 heterocycles. The molecule has 3 aliphatic rings. The Hall–Kier alpha value is -3.21. The van der Waals surface area contributed by atoms with E-state index in [2.05, 4.69) is 47.8 Å². The summed E-state index contributed by atoms with van der Waals surface area (Å²) in [5.41, 5.74) is 3.96. The number of hydrogen-bond donors (Lipinski definition) is 0. The molecule has 2 amide bonds. The molecule has 4 aromatic rings. The lowest BCUT2D eigenvalue weighted by Crippen LogP contribution is -2.37. The van der Waals surface area contributed by atoms with E-state index >= 15 is 0 Å². The van der Waals surface area contributed by atoms with Crippen molar-refractivity contribution in [1.82, 2.24) is 4.98 Å². The number of rotatable bonds is 6. The molecule has 0 spiro atoms. The van der Waals surface area contributed by atoms with Gasteiger partial charge in [-0.15, -0.1) is 0 Å². The number of anilines is 1. The molecule has 1 aliphatic heterocycles. The lowest BCUT2D eigenvalue weighted by Gasteiger charge is -2.28. The number of carbonyl (C=O) groups is 4. The van der Waals surface area contributed by atoms with Gasteiger partial charge in [0.25, 0.3) is 0 Å². The third kappa shape index (κ3) is 4.77. The summed E-state index contributed by atoms with van der Waals surface area (Å²) in [7, 11) is 0. The van der Waals surface area contributed by atoms with E-state index in [0.717, 1.165) is 16.5 Å². The van der Waals surface area contributed by atoms with Crippen LogP contribution in [0, 0.1) is 30.6 Å². The zero-order chi connectivity index (χ0) is 30.9. The molecule has 7 rings (SSSR count). The predicted octanol–water partition coefficient (Wildman–Crippen LogP) is 7.29. The molecule has 2 saturated carbocycles. The summed E-state index contributed by atoms with van der Waals surface area (Å²) in [6, 6.07) is 21.2. The number of Topliss-reactive ketones (excluding diaryl/α,β-unsaturated/α-hetero) is 1. The summed E-state index contributed by atoms with van der Waals surface area (Å²) < 4.78 is 6.27. The Bertz CT molecular complexity index is 1830. The van der Waals surface area contributed by atoms with E-state index < -0.39 is 12.6 Å². The number of fused-ring (bicyclic) bond motifs is 6. The molecule has 6 atom stereocenters. The molecule has 0 radical (unpaired) electrons. The number of aromatic nitrogens is 1. The second-order valence-corrected chi connectivity index (χ2v) is 14.6. The van der Waals surface area contributed by atoms with E-state index in [4.69, 9.17) is 9.72 Å². The highest BCUT2D eigenvalue weighted by atomic mass is 79.9. The number of nitrogens with zero attached hydrogens (tertiary/aromatic N) is 2. The van der Waals surface area contributed by atoms with E-state index in [1.54, 1.807) is 60.7 Å². The highest BCUT2D eigenvalue weighted by molar-refractivity contribution is 9.12. The number of pyridine rings is 1. The number of halogens is 3. The number of ketones is 1. The Balaban J connectivity index is 1.19. The molecule has 7 nitrogen and oxygen atoms in total. The quantitative estimate of drug-likeness (QED) is 0.0884. The van der Waals surface area contributed by atoms with Gasteiger partial charge in [-0.05, 0) is 61.1 Å². The van der Waals surface area contributed by atoms with Gasteiger partial charge in [0.15, 0.2) is 12.4 Å². The van der Waals surface area contributed by atoms with Gasteiger partial charge in [-0.2, -0.15) is 0 Å². The van der Waals surface area contributed by atoms with Crippen LogP contribution in [-0.4, -0.2) is 44.8 Å². The average Bonchev–Trinajstić information content (AvgIpc) is 3.64. The molecule has 44 heavy (non-hydrogen) atoms. The van der Waals surface area contributed by atoms with E-state index in [0.29, 0.717) is 33.4 Å². The van der Waals surface area contributed by atoms with Gasteiger partial charge in [0.1, 0.15) is 0 Å². The van der Waals surface area contributed by atoms with Gasteiger partial charge < -0.3 is 4.74 Å². The lowest BCUT2D eigenvalue weighted by molar-refractivity contribution is -0.123. The minimum atomic E-state index is -0.637. The predicted molar refractivity (Wildman–Crippen MR) is 177 cm³/mol. The number of alkyl halides is 2. The molecule has 0 N–H and O–H groups in total. The van der Waals surface area contributed by atoms with Crippen molar-refractivity contribution in [2.24, 2.45) is 23.7 Å². The molecule has 222 valence electrons. The number of carbonyl (C=O) groups excluding carboxylic acids is 4. The maximum Gasteiger partial charge on any atom is 0.339 e. The topological polar surface area (TPSA) is 93.6 Å². The highest BCUT2D eigenvalue weighted by Crippen LogP contribution is 2.60. The van der Waals surface area contributed by atoms with Crippen molar-refractivity contribution in [2.75, 3.05) is 11.5 Å². The minimum absolute atomic E-state index is 0.135. The number of benzene rings is 3. The van der Waals surface area contributed by atoms with Crippen molar-refractivity contribution in [3.8, 4) is 11.3 Å². The first-order valence-electron chi connectivity index (χ1n) is 14.3. The van der Waals surface area contributed by atoms with Crippen LogP contribution in [0.5, 0.6) is 0 Å². The largest absolute Gasteiger partial charge is 0.454 e. The van der Waals surface area contributed by atoms with Gasteiger partial charge in [0, 0.05) is 30.6 Å². The Labute approximate surface area is 278 Å². The monoisotopic (exact) mass is 778 g/mol. The fraction of sp³-hybridized carbons (Fsp3) is 0.265. The average molecular weight is 781 g/mol. The maximum atomic E-state index is 13.5. The fourth-order valence-corrected chi connectivity index (χ4v) is 9.52. The van der Waals surface area contributed by atoms with Crippen molar-refractivity contribution >= 4 is 87.9 Å². The zero-order valence-corrected chi connectivity index (χ0v) is 28.1. The van der Waals surface area contributed by atoms with Crippen LogP contribution in [0.3, 0.4) is 0 Å². The van der Waals surface area contributed by atoms with E-state index in [1.165, 1.54) is 4.90 Å². The first kappa shape index (κ1) is 29.5. The Kier molecular flexibility index (Phi) is 7.58. The van der Waals surface area contributed by atoms with Crippen molar-refractivity contribution in [3.05, 3.63) is 94.0 Å². The molecule has 3 aromatic carbocycles. The molecule has 10 heteroatoms. The van der Waals surface area contributed by atoms with Crippen molar-refractivity contribution < 1.29 is 23.9 Å². The van der Waals surface area contributed by atoms with Crippen LogP contribution in [0.25, 0.3) is 22.2 Å². The first-order valence-corrected chi connectivity index (χ1v) is 16.9. The van der Waals surface area contributed by atoms with Crippen LogP contribution in [0.1, 0.15) is 32.7 Å². The van der Waals surface area contributed by atoms with Crippen molar-refractivity contribution in [1.29, 1.82) is 0 Å². The molecule has 2 aliphatic carbocycles. The number of aryl methyl sites for hydroxylation is 1. The summed E-state index contributed by atoms with van der Waals surface area (Å²) in [6.07, 6.45) is 0.875. The molecule has 3 fully saturated rings.